The molecule has 0 bridgehead atoms. The van der Waals surface area contributed by atoms with E-state index in [0.717, 1.165) is 10.4 Å². The monoisotopic (exact) mass is 410 g/mol. The van der Waals surface area contributed by atoms with E-state index in [2.05, 4.69) is 31.8 Å². The fraction of sp³-hybridized carbons (Fsp3) is 0.273. The highest BCUT2D eigenvalue weighted by molar-refractivity contribution is 7.14. The third-order valence-corrected chi connectivity index (χ3v) is 6.73. The van der Waals surface area contributed by atoms with Crippen LogP contribution in [0.3, 0.4) is 0 Å². The van der Waals surface area contributed by atoms with E-state index in [-0.39, 0.29) is 29.5 Å². The highest BCUT2D eigenvalue weighted by Crippen LogP contribution is 2.38. The molecule has 1 aromatic carbocycles. The summed E-state index contributed by atoms with van der Waals surface area (Å²) in [5, 5.41) is 0. The minimum Gasteiger partial charge on any atom is -0.395 e. The van der Waals surface area contributed by atoms with Crippen molar-refractivity contribution in [2.24, 2.45) is 0 Å². The van der Waals surface area contributed by atoms with Crippen molar-refractivity contribution >= 4 is 28.7 Å². The predicted octanol–water partition coefficient (Wildman–Crippen LogP) is 4.57. The summed E-state index contributed by atoms with van der Waals surface area (Å²) in [6, 6.07) is 8.72. The van der Waals surface area contributed by atoms with Gasteiger partial charge in [-0.25, -0.2) is 9.37 Å². The van der Waals surface area contributed by atoms with Crippen molar-refractivity contribution in [2.45, 2.75) is 39.3 Å². The lowest BCUT2D eigenvalue weighted by Crippen LogP contribution is -2.24. The number of aromatic nitrogens is 1. The second-order valence-corrected chi connectivity index (χ2v) is 9.39. The highest BCUT2D eigenvalue weighted by Gasteiger charge is 2.32. The standard InChI is InChI=1S/C22H23FN4OS/c1-22(2,3)17-9-14-11-27(21(28)19(14)29-17)10-13-5-4-12(8-16(13)23)15-6-7-26-20(25)18(15)24/h4-9H,10-11,24H2,1-3H3,(H2,25,26). The number of carbonyl (C=O) groups excluding carboxylic acids is 1. The third kappa shape index (κ3) is 3.46. The number of thiophene rings is 1. The first kappa shape index (κ1) is 19.4. The fourth-order valence-corrected chi connectivity index (χ4v) is 4.63. The van der Waals surface area contributed by atoms with Gasteiger partial charge in [0.25, 0.3) is 5.91 Å². The van der Waals surface area contributed by atoms with Crippen LogP contribution in [0.2, 0.25) is 0 Å². The molecule has 29 heavy (non-hydrogen) atoms. The van der Waals surface area contributed by atoms with Crippen molar-refractivity contribution in [1.82, 2.24) is 9.88 Å². The molecule has 4 rings (SSSR count). The summed E-state index contributed by atoms with van der Waals surface area (Å²) in [5.74, 6) is -0.193. The number of amides is 1. The van der Waals surface area contributed by atoms with Gasteiger partial charge in [0.05, 0.1) is 10.6 Å². The number of rotatable bonds is 3. The lowest BCUT2D eigenvalue weighted by atomic mass is 9.94. The molecule has 0 fully saturated rings. The number of nitrogens with two attached hydrogens (primary N) is 2. The van der Waals surface area contributed by atoms with Gasteiger partial charge in [0.1, 0.15) is 11.6 Å². The Morgan fingerprint density at radius 1 is 1.21 bits per heavy atom. The lowest BCUT2D eigenvalue weighted by Gasteiger charge is -2.19. The molecule has 1 aliphatic rings. The van der Waals surface area contributed by atoms with Gasteiger partial charge in [0.2, 0.25) is 0 Å². The van der Waals surface area contributed by atoms with E-state index in [0.29, 0.717) is 28.9 Å². The molecule has 0 aliphatic carbocycles. The summed E-state index contributed by atoms with van der Waals surface area (Å²) in [5.41, 5.74) is 14.8. The molecule has 7 heteroatoms. The predicted molar refractivity (Wildman–Crippen MR) is 115 cm³/mol. The summed E-state index contributed by atoms with van der Waals surface area (Å²) in [4.78, 5) is 20.4. The van der Waals surface area contributed by atoms with E-state index < -0.39 is 0 Å². The summed E-state index contributed by atoms with van der Waals surface area (Å²) < 4.78 is 14.8. The van der Waals surface area contributed by atoms with Crippen LogP contribution < -0.4 is 11.5 Å². The first-order valence-corrected chi connectivity index (χ1v) is 10.2. The number of hydrogen-bond donors (Lipinski definition) is 2. The topological polar surface area (TPSA) is 85.2 Å². The van der Waals surface area contributed by atoms with Gasteiger partial charge in [-0.3, -0.25) is 4.79 Å². The number of carbonyl (C=O) groups is 1. The van der Waals surface area contributed by atoms with Crippen LogP contribution in [0.5, 0.6) is 0 Å². The summed E-state index contributed by atoms with van der Waals surface area (Å²) in [6.07, 6.45) is 1.54. The number of benzene rings is 1. The zero-order valence-electron chi connectivity index (χ0n) is 16.6. The SMILES string of the molecule is CC(C)(C)c1cc2c(s1)C(=O)N(Cc1ccc(-c3ccnc(N)c3N)cc1F)C2. The summed E-state index contributed by atoms with van der Waals surface area (Å²) in [7, 11) is 0. The molecule has 0 saturated heterocycles. The molecule has 0 spiro atoms. The Balaban J connectivity index is 1.55. The molecular weight excluding hydrogens is 387 g/mol. The quantitative estimate of drug-likeness (QED) is 0.662. The Hall–Kier alpha value is -2.93. The lowest BCUT2D eigenvalue weighted by molar-refractivity contribution is 0.0768. The third-order valence-electron chi connectivity index (χ3n) is 5.14. The average molecular weight is 411 g/mol. The van der Waals surface area contributed by atoms with Crippen molar-refractivity contribution < 1.29 is 9.18 Å². The number of halogens is 1. The van der Waals surface area contributed by atoms with Gasteiger partial charge in [0, 0.05) is 35.3 Å². The minimum atomic E-state index is -0.379. The van der Waals surface area contributed by atoms with Crippen LogP contribution in [0.4, 0.5) is 15.9 Å². The molecule has 1 aliphatic heterocycles. The molecule has 5 nitrogen and oxygen atoms in total. The molecule has 0 radical (unpaired) electrons. The second kappa shape index (κ2) is 6.84. The van der Waals surface area contributed by atoms with Gasteiger partial charge in [-0.1, -0.05) is 32.9 Å². The van der Waals surface area contributed by atoms with E-state index in [1.807, 2.05) is 0 Å². The van der Waals surface area contributed by atoms with E-state index >= 15 is 0 Å². The number of hydrogen-bond acceptors (Lipinski definition) is 5. The van der Waals surface area contributed by atoms with Gasteiger partial charge in [-0.05, 0) is 34.7 Å². The largest absolute Gasteiger partial charge is 0.395 e. The number of fused-ring (bicyclic) bond motifs is 1. The molecule has 3 heterocycles. The second-order valence-electron chi connectivity index (χ2n) is 8.34. The fourth-order valence-electron chi connectivity index (χ4n) is 3.44. The maximum atomic E-state index is 14.8. The molecular formula is C22H23FN4OS. The molecule has 2 aromatic heterocycles. The zero-order chi connectivity index (χ0) is 20.9. The molecule has 0 unspecified atom stereocenters. The van der Waals surface area contributed by atoms with E-state index in [9.17, 15) is 9.18 Å². The summed E-state index contributed by atoms with van der Waals surface area (Å²) in [6.45, 7) is 7.14. The van der Waals surface area contributed by atoms with Crippen molar-refractivity contribution in [3.63, 3.8) is 0 Å². The van der Waals surface area contributed by atoms with E-state index in [1.54, 1.807) is 40.6 Å². The van der Waals surface area contributed by atoms with E-state index in [1.165, 1.54) is 10.9 Å². The zero-order valence-corrected chi connectivity index (χ0v) is 17.4. The number of nitrogens with zero attached hydrogens (tertiary/aromatic N) is 2. The Bertz CT molecular complexity index is 1120. The Kier molecular flexibility index (Phi) is 4.58. The first-order chi connectivity index (χ1) is 13.6. The van der Waals surface area contributed by atoms with Crippen LogP contribution in [-0.4, -0.2) is 15.8 Å². The van der Waals surface area contributed by atoms with Crippen LogP contribution in [0.15, 0.2) is 36.5 Å². The maximum absolute atomic E-state index is 14.8. The minimum absolute atomic E-state index is 0.0141. The van der Waals surface area contributed by atoms with E-state index in [4.69, 9.17) is 11.5 Å². The molecule has 4 N–H and O–H groups in total. The van der Waals surface area contributed by atoms with Crippen LogP contribution in [0.25, 0.3) is 11.1 Å². The van der Waals surface area contributed by atoms with Gasteiger partial charge in [-0.2, -0.15) is 0 Å². The smallest absolute Gasteiger partial charge is 0.264 e. The van der Waals surface area contributed by atoms with Crippen LogP contribution in [-0.2, 0) is 18.5 Å². The van der Waals surface area contributed by atoms with Crippen molar-refractivity contribution in [2.75, 3.05) is 11.5 Å². The first-order valence-electron chi connectivity index (χ1n) is 9.36. The molecule has 3 aromatic rings. The average Bonchev–Trinajstić information content (AvgIpc) is 3.19. The number of anilines is 2. The normalized spacial score (nSPS) is 13.8. The Labute approximate surface area is 173 Å². The molecule has 150 valence electrons. The molecule has 0 atom stereocenters. The highest BCUT2D eigenvalue weighted by atomic mass is 32.1. The Morgan fingerprint density at radius 2 is 1.97 bits per heavy atom. The van der Waals surface area contributed by atoms with Gasteiger partial charge < -0.3 is 16.4 Å². The van der Waals surface area contributed by atoms with Gasteiger partial charge in [-0.15, -0.1) is 11.3 Å². The number of pyridine rings is 1. The molecule has 0 saturated carbocycles. The van der Waals surface area contributed by atoms with Crippen molar-refractivity contribution in [3.05, 3.63) is 63.2 Å². The summed E-state index contributed by atoms with van der Waals surface area (Å²) >= 11 is 1.54. The van der Waals surface area contributed by atoms with Crippen LogP contribution in [0, 0.1) is 5.82 Å². The van der Waals surface area contributed by atoms with Crippen LogP contribution in [0.1, 0.15) is 46.4 Å². The van der Waals surface area contributed by atoms with Gasteiger partial charge >= 0.3 is 0 Å². The molecule has 1 amide bonds. The number of nitrogen functional groups attached to an aromatic ring is 2. The van der Waals surface area contributed by atoms with Crippen molar-refractivity contribution in [1.29, 1.82) is 0 Å². The Morgan fingerprint density at radius 3 is 2.62 bits per heavy atom. The van der Waals surface area contributed by atoms with Crippen LogP contribution >= 0.6 is 11.3 Å². The maximum Gasteiger partial charge on any atom is 0.264 e. The van der Waals surface area contributed by atoms with Crippen molar-refractivity contribution in [3.8, 4) is 11.1 Å². The van der Waals surface area contributed by atoms with Gasteiger partial charge in [0.15, 0.2) is 0 Å².